The van der Waals surface area contributed by atoms with E-state index < -0.39 is 0 Å². The number of carbonyl (C=O) groups is 1. The van der Waals surface area contributed by atoms with E-state index in [1.165, 1.54) is 29.6 Å². The lowest BCUT2D eigenvalue weighted by molar-refractivity contribution is 0.0980. The maximum Gasteiger partial charge on any atom is 0.280 e. The molecule has 0 fully saturated rings. The van der Waals surface area contributed by atoms with Crippen LogP contribution in [0.25, 0.3) is 5.69 Å². The topological polar surface area (TPSA) is 75.9 Å². The summed E-state index contributed by atoms with van der Waals surface area (Å²) in [6, 6.07) is 18.2. The van der Waals surface area contributed by atoms with Gasteiger partial charge in [0, 0.05) is 16.8 Å². The summed E-state index contributed by atoms with van der Waals surface area (Å²) in [6.45, 7) is 2.54. The lowest BCUT2D eigenvalue weighted by Gasteiger charge is -2.23. The molecular weight excluding hydrogens is 416 g/mol. The molecule has 1 amide bonds. The van der Waals surface area contributed by atoms with Crippen LogP contribution in [0.1, 0.15) is 20.9 Å². The van der Waals surface area contributed by atoms with Gasteiger partial charge in [-0.15, -0.1) is 11.3 Å². The van der Waals surface area contributed by atoms with E-state index in [4.69, 9.17) is 0 Å². The van der Waals surface area contributed by atoms with Crippen molar-refractivity contribution in [3.63, 3.8) is 0 Å². The highest BCUT2D eigenvalue weighted by atomic mass is 32.2. The summed E-state index contributed by atoms with van der Waals surface area (Å²) in [5.74, 6) is -0.182. The van der Waals surface area contributed by atoms with E-state index >= 15 is 0 Å². The molecule has 152 valence electrons. The van der Waals surface area contributed by atoms with E-state index in [1.807, 2.05) is 55.6 Å². The molecule has 0 bridgehead atoms. The van der Waals surface area contributed by atoms with Crippen molar-refractivity contribution in [1.29, 1.82) is 0 Å². The second-order valence-corrected chi connectivity index (χ2v) is 8.26. The number of amides is 1. The minimum Gasteiger partial charge on any atom is -0.313 e. The summed E-state index contributed by atoms with van der Waals surface area (Å²) in [5.41, 5.74) is 3.45. The number of nitrogens with zero attached hydrogens (tertiary/aromatic N) is 5. The van der Waals surface area contributed by atoms with Crippen molar-refractivity contribution >= 4 is 40.0 Å². The number of benzene rings is 2. The Morgan fingerprint density at radius 3 is 2.77 bits per heavy atom. The minimum atomic E-state index is -0.182. The van der Waals surface area contributed by atoms with Crippen molar-refractivity contribution in [2.24, 2.45) is 0 Å². The third kappa shape index (κ3) is 4.37. The molecule has 4 aromatic rings. The van der Waals surface area contributed by atoms with Gasteiger partial charge in [-0.05, 0) is 30.7 Å². The number of nitrogens with one attached hydrogen (secondary N) is 1. The van der Waals surface area contributed by atoms with Crippen LogP contribution >= 0.6 is 23.3 Å². The molecule has 0 saturated heterocycles. The Balaban J connectivity index is 1.75. The lowest BCUT2D eigenvalue weighted by atomic mass is 10.2. The molecule has 0 atom stereocenters. The monoisotopic (exact) mass is 436 g/mol. The Kier molecular flexibility index (Phi) is 6.10. The maximum atomic E-state index is 12.4. The van der Waals surface area contributed by atoms with Gasteiger partial charge in [0.25, 0.3) is 5.91 Å². The summed E-state index contributed by atoms with van der Waals surface area (Å²) in [6.07, 6.45) is 4.99. The van der Waals surface area contributed by atoms with Crippen LogP contribution in [-0.2, 0) is 6.54 Å². The first-order chi connectivity index (χ1) is 14.7. The van der Waals surface area contributed by atoms with E-state index in [2.05, 4.69) is 36.8 Å². The zero-order chi connectivity index (χ0) is 20.9. The maximum absolute atomic E-state index is 12.4. The Hall–Kier alpha value is -3.17. The summed E-state index contributed by atoms with van der Waals surface area (Å²) in [5, 5.41) is 4.99. The van der Waals surface area contributed by atoms with Crippen molar-refractivity contribution in [3.05, 3.63) is 83.4 Å². The number of hydrogen-bond donors (Lipinski definition) is 1. The Labute approximate surface area is 182 Å². The number of aryl methyl sites for hydroxylation is 1. The van der Waals surface area contributed by atoms with Gasteiger partial charge in [0.05, 0.1) is 12.2 Å². The Bertz CT molecular complexity index is 1130. The third-order valence-electron chi connectivity index (χ3n) is 4.43. The van der Waals surface area contributed by atoms with Crippen molar-refractivity contribution < 1.29 is 4.79 Å². The van der Waals surface area contributed by atoms with E-state index in [9.17, 15) is 4.79 Å². The minimum absolute atomic E-state index is 0.182. The molecule has 0 spiro atoms. The van der Waals surface area contributed by atoms with Gasteiger partial charge >= 0.3 is 0 Å². The molecule has 1 N–H and O–H groups in total. The van der Waals surface area contributed by atoms with Gasteiger partial charge in [-0.25, -0.2) is 14.6 Å². The second kappa shape index (κ2) is 9.10. The molecule has 9 heteroatoms. The molecule has 2 aromatic heterocycles. The molecule has 7 nitrogen and oxygen atoms in total. The van der Waals surface area contributed by atoms with Crippen LogP contribution < -0.4 is 9.62 Å². The predicted octanol–water partition coefficient (Wildman–Crippen LogP) is 4.38. The third-order valence-corrected chi connectivity index (χ3v) is 5.82. The molecule has 2 heterocycles. The van der Waals surface area contributed by atoms with Crippen molar-refractivity contribution in [3.8, 4) is 5.69 Å². The van der Waals surface area contributed by atoms with Gasteiger partial charge < -0.3 is 4.90 Å². The van der Waals surface area contributed by atoms with Gasteiger partial charge in [-0.3, -0.25) is 9.52 Å². The van der Waals surface area contributed by atoms with Gasteiger partial charge in [-0.1, -0.05) is 48.3 Å². The molecule has 0 saturated carbocycles. The summed E-state index contributed by atoms with van der Waals surface area (Å²) in [4.78, 5) is 24.1. The normalized spacial score (nSPS) is 10.7. The second-order valence-electron chi connectivity index (χ2n) is 6.47. The molecule has 4 rings (SSSR count). The molecule has 0 aliphatic rings. The van der Waals surface area contributed by atoms with Crippen molar-refractivity contribution in [1.82, 2.24) is 24.5 Å². The van der Waals surface area contributed by atoms with Gasteiger partial charge in [-0.2, -0.15) is 5.10 Å². The highest BCUT2D eigenvalue weighted by Crippen LogP contribution is 2.34. The van der Waals surface area contributed by atoms with Gasteiger partial charge in [0.15, 0.2) is 5.13 Å². The van der Waals surface area contributed by atoms with Crippen LogP contribution in [0.15, 0.2) is 67.3 Å². The zero-order valence-electron chi connectivity index (χ0n) is 16.5. The van der Waals surface area contributed by atoms with E-state index in [1.54, 1.807) is 11.0 Å². The highest BCUT2D eigenvalue weighted by molar-refractivity contribution is 7.97. The van der Waals surface area contributed by atoms with E-state index in [-0.39, 0.29) is 5.91 Å². The smallest absolute Gasteiger partial charge is 0.280 e. The first-order valence-electron chi connectivity index (χ1n) is 9.23. The first-order valence-corrected chi connectivity index (χ1v) is 11.3. The fourth-order valence-electron chi connectivity index (χ4n) is 3.03. The molecule has 0 aliphatic carbocycles. The van der Waals surface area contributed by atoms with E-state index in [0.29, 0.717) is 12.2 Å². The average Bonchev–Trinajstić information content (AvgIpc) is 3.43. The fraction of sp³-hybridized carbons (Fsp3) is 0.143. The van der Waals surface area contributed by atoms with Crippen LogP contribution in [0.2, 0.25) is 0 Å². The number of anilines is 2. The lowest BCUT2D eigenvalue weighted by Crippen LogP contribution is -2.19. The predicted molar refractivity (Wildman–Crippen MR) is 121 cm³/mol. The van der Waals surface area contributed by atoms with Crippen molar-refractivity contribution in [2.45, 2.75) is 13.5 Å². The van der Waals surface area contributed by atoms with Crippen LogP contribution in [0.5, 0.6) is 0 Å². The number of hydrogen-bond acceptors (Lipinski definition) is 7. The van der Waals surface area contributed by atoms with Gasteiger partial charge in [0.1, 0.15) is 18.3 Å². The fourth-order valence-corrected chi connectivity index (χ4v) is 4.24. The number of carbonyl (C=O) groups excluding carboxylic acids is 1. The summed E-state index contributed by atoms with van der Waals surface area (Å²) < 4.78 is 4.47. The average molecular weight is 437 g/mol. The quantitative estimate of drug-likeness (QED) is 0.433. The number of rotatable bonds is 7. The Morgan fingerprint density at radius 1 is 1.20 bits per heavy atom. The molecule has 0 radical (unpaired) electrons. The molecular formula is C21H20N6OS2. The number of aromatic nitrogens is 4. The van der Waals surface area contributed by atoms with Crippen molar-refractivity contribution in [2.75, 3.05) is 11.2 Å². The Morgan fingerprint density at radius 2 is 2.03 bits per heavy atom. The SMILES string of the molecule is CSNC(=O)c1nc(N(Cc2ccccc2)c2cccc(-n3cncn3)c2)sc1C. The first kappa shape index (κ1) is 20.1. The van der Waals surface area contributed by atoms with E-state index in [0.717, 1.165) is 26.9 Å². The molecule has 30 heavy (non-hydrogen) atoms. The summed E-state index contributed by atoms with van der Waals surface area (Å²) in [7, 11) is 0. The zero-order valence-corrected chi connectivity index (χ0v) is 18.2. The highest BCUT2D eigenvalue weighted by Gasteiger charge is 2.20. The van der Waals surface area contributed by atoms with Crippen LogP contribution in [0, 0.1) is 6.92 Å². The summed E-state index contributed by atoms with van der Waals surface area (Å²) >= 11 is 2.77. The van der Waals surface area contributed by atoms with Crippen LogP contribution in [0.3, 0.4) is 0 Å². The largest absolute Gasteiger partial charge is 0.313 e. The van der Waals surface area contributed by atoms with Gasteiger partial charge in [0.2, 0.25) is 0 Å². The van der Waals surface area contributed by atoms with Crippen LogP contribution in [0.4, 0.5) is 10.8 Å². The standard InChI is InChI=1S/C21H20N6OS2/c1-15-19(20(28)25-29-2)24-21(30-15)26(12-16-7-4-3-5-8-16)17-9-6-10-18(11-17)27-14-22-13-23-27/h3-11,13-14H,12H2,1-2H3,(H,25,28). The molecule has 0 unspecified atom stereocenters. The molecule has 2 aromatic carbocycles. The number of thiazole rings is 1. The molecule has 0 aliphatic heterocycles. The van der Waals surface area contributed by atoms with Crippen LogP contribution in [-0.4, -0.2) is 31.9 Å².